The number of alkyl halides is 2. The largest absolute Gasteiger partial charge is 0.357 e. The molecule has 7 nitrogen and oxygen atoms in total. The van der Waals surface area contributed by atoms with Gasteiger partial charge in [-0.1, -0.05) is 0 Å². The first-order valence-corrected chi connectivity index (χ1v) is 7.57. The first-order chi connectivity index (χ1) is 11.5. The van der Waals surface area contributed by atoms with E-state index in [2.05, 4.69) is 10.6 Å². The van der Waals surface area contributed by atoms with Gasteiger partial charge in [-0.05, 0) is 19.4 Å². The number of nitrogens with one attached hydrogen (secondary N) is 2. The molecule has 9 heteroatoms. The Morgan fingerprint density at radius 2 is 1.76 bits per heavy atom. The minimum Gasteiger partial charge on any atom is -0.357 e. The molecule has 2 amide bonds. The molecule has 0 aromatic carbocycles. The van der Waals surface area contributed by atoms with E-state index in [9.17, 15) is 28.0 Å². The highest BCUT2D eigenvalue weighted by Gasteiger charge is 2.61. The van der Waals surface area contributed by atoms with Gasteiger partial charge in [0.2, 0.25) is 5.91 Å². The third kappa shape index (κ3) is 2.94. The molecular formula is C16H19F2N3O4. The topological polar surface area (TPSA) is 97.3 Å². The van der Waals surface area contributed by atoms with E-state index in [4.69, 9.17) is 0 Å². The second kappa shape index (κ2) is 6.05. The van der Waals surface area contributed by atoms with E-state index in [1.165, 1.54) is 18.5 Å². The van der Waals surface area contributed by atoms with Crippen LogP contribution in [0.5, 0.6) is 0 Å². The normalized spacial score (nSPS) is 17.4. The Bertz CT molecular complexity index is 775. The van der Waals surface area contributed by atoms with E-state index in [1.807, 2.05) is 0 Å². The molecule has 1 aromatic heterocycles. The Balaban J connectivity index is 2.31. The molecule has 136 valence electrons. The van der Waals surface area contributed by atoms with Crippen molar-refractivity contribution in [1.29, 1.82) is 0 Å². The summed E-state index contributed by atoms with van der Waals surface area (Å²) in [4.78, 5) is 47.8. The number of hydrogen-bond acceptors (Lipinski definition) is 4. The maximum absolute atomic E-state index is 13.3. The zero-order valence-electron chi connectivity index (χ0n) is 14.3. The van der Waals surface area contributed by atoms with Crippen molar-refractivity contribution in [2.24, 2.45) is 7.05 Å². The molecule has 0 bridgehead atoms. The van der Waals surface area contributed by atoms with Gasteiger partial charge in [0.15, 0.2) is 6.29 Å². The van der Waals surface area contributed by atoms with Gasteiger partial charge in [0, 0.05) is 32.6 Å². The molecular weight excluding hydrogens is 336 g/mol. The number of Topliss-reactive ketones (excluding diaryl/α,β-unsaturated/α-hetero) is 1. The minimum atomic E-state index is -3.08. The molecule has 1 saturated carbocycles. The average Bonchev–Trinajstić information content (AvgIpc) is 2.72. The predicted molar refractivity (Wildman–Crippen MR) is 83.7 cm³/mol. The number of ketones is 1. The quantitative estimate of drug-likeness (QED) is 0.461. The Kier molecular flexibility index (Phi) is 4.54. The van der Waals surface area contributed by atoms with E-state index in [0.29, 0.717) is 17.5 Å². The van der Waals surface area contributed by atoms with Crippen LogP contribution in [0.4, 0.5) is 8.78 Å². The molecule has 1 aromatic rings. The fourth-order valence-corrected chi connectivity index (χ4v) is 3.27. The summed E-state index contributed by atoms with van der Waals surface area (Å²) in [7, 11) is 2.83. The van der Waals surface area contributed by atoms with Crippen LogP contribution in [-0.2, 0) is 16.6 Å². The first kappa shape index (κ1) is 18.8. The summed E-state index contributed by atoms with van der Waals surface area (Å²) >= 11 is 0. The van der Waals surface area contributed by atoms with Crippen molar-refractivity contribution in [2.75, 3.05) is 7.05 Å². The second-order valence-corrected chi connectivity index (χ2v) is 6.30. The molecule has 2 N–H and O–H groups in total. The van der Waals surface area contributed by atoms with Crippen molar-refractivity contribution in [1.82, 2.24) is 15.2 Å². The summed E-state index contributed by atoms with van der Waals surface area (Å²) in [5, 5.41) is 4.38. The number of carbonyl (C=O) groups is 4. The van der Waals surface area contributed by atoms with Crippen LogP contribution in [-0.4, -0.2) is 47.0 Å². The highest BCUT2D eigenvalue weighted by atomic mass is 19.3. The molecule has 0 saturated heterocycles. The van der Waals surface area contributed by atoms with Crippen molar-refractivity contribution in [3.05, 3.63) is 22.5 Å². The van der Waals surface area contributed by atoms with Crippen molar-refractivity contribution in [3.63, 3.8) is 0 Å². The van der Waals surface area contributed by atoms with Gasteiger partial charge >= 0.3 is 0 Å². The van der Waals surface area contributed by atoms with E-state index in [-0.39, 0.29) is 11.3 Å². The predicted octanol–water partition coefficient (Wildman–Crippen LogP) is 0.667. The van der Waals surface area contributed by atoms with Gasteiger partial charge in [-0.2, -0.15) is 0 Å². The van der Waals surface area contributed by atoms with E-state index >= 15 is 0 Å². The molecule has 1 heterocycles. The molecule has 0 aliphatic heterocycles. The molecule has 0 spiro atoms. The molecule has 0 radical (unpaired) electrons. The molecule has 0 unspecified atom stereocenters. The molecule has 1 aliphatic rings. The van der Waals surface area contributed by atoms with Crippen LogP contribution < -0.4 is 10.6 Å². The van der Waals surface area contributed by atoms with Crippen LogP contribution in [0.1, 0.15) is 44.9 Å². The zero-order valence-corrected chi connectivity index (χ0v) is 14.3. The van der Waals surface area contributed by atoms with Gasteiger partial charge in [0.25, 0.3) is 17.6 Å². The second-order valence-electron chi connectivity index (χ2n) is 6.30. The number of rotatable bonds is 5. The van der Waals surface area contributed by atoms with Crippen LogP contribution in [0.25, 0.3) is 0 Å². The highest BCUT2D eigenvalue weighted by Crippen LogP contribution is 2.45. The van der Waals surface area contributed by atoms with Crippen LogP contribution in [0.3, 0.4) is 0 Å². The Morgan fingerprint density at radius 3 is 2.16 bits per heavy atom. The Labute approximate surface area is 142 Å². The van der Waals surface area contributed by atoms with Gasteiger partial charge in [-0.25, -0.2) is 8.78 Å². The van der Waals surface area contributed by atoms with Gasteiger partial charge < -0.3 is 15.2 Å². The van der Waals surface area contributed by atoms with E-state index in [1.54, 1.807) is 14.0 Å². The number of amides is 2. The highest BCUT2D eigenvalue weighted by molar-refractivity contribution is 6.44. The summed E-state index contributed by atoms with van der Waals surface area (Å²) in [6.07, 6.45) is -1.18. The number of nitrogens with zero attached hydrogens (tertiary/aromatic N) is 1. The van der Waals surface area contributed by atoms with Gasteiger partial charge in [-0.15, -0.1) is 0 Å². The third-order valence-corrected chi connectivity index (χ3v) is 4.67. The summed E-state index contributed by atoms with van der Waals surface area (Å²) in [5.41, 5.74) is -0.824. The van der Waals surface area contributed by atoms with Crippen molar-refractivity contribution < 1.29 is 28.0 Å². The summed E-state index contributed by atoms with van der Waals surface area (Å²) in [6, 6.07) is 0. The number of hydrogen-bond donors (Lipinski definition) is 2. The monoisotopic (exact) mass is 355 g/mol. The third-order valence-electron chi connectivity index (χ3n) is 4.67. The molecule has 2 rings (SSSR count). The summed E-state index contributed by atoms with van der Waals surface area (Å²) < 4.78 is 28.0. The first-order valence-electron chi connectivity index (χ1n) is 7.57. The standard InChI is InChI=1S/C16H19F2N3O4/c1-8-10(5-22)21(4)9(2)11(8)12(23)13(24)20-15(14(25)19-3)6-16(17,18)7-15/h5H,6-7H2,1-4H3,(H,19,25)(H,20,24). The average molecular weight is 355 g/mol. The maximum Gasteiger partial charge on any atom is 0.293 e. The van der Waals surface area contributed by atoms with Crippen molar-refractivity contribution >= 4 is 23.9 Å². The van der Waals surface area contributed by atoms with Crippen molar-refractivity contribution in [3.8, 4) is 0 Å². The van der Waals surface area contributed by atoms with Crippen LogP contribution in [0.2, 0.25) is 0 Å². The Morgan fingerprint density at radius 1 is 1.20 bits per heavy atom. The Hall–Kier alpha value is -2.58. The SMILES string of the molecule is CNC(=O)C1(NC(=O)C(=O)c2c(C)c(C=O)n(C)c2C)CC(F)(F)C1. The van der Waals surface area contributed by atoms with Gasteiger partial charge in [0.05, 0.1) is 11.3 Å². The van der Waals surface area contributed by atoms with Crippen LogP contribution in [0.15, 0.2) is 0 Å². The number of halogens is 2. The van der Waals surface area contributed by atoms with Crippen LogP contribution >= 0.6 is 0 Å². The lowest BCUT2D eigenvalue weighted by atomic mass is 9.72. The molecule has 25 heavy (non-hydrogen) atoms. The lowest BCUT2D eigenvalue weighted by Gasteiger charge is -2.45. The summed E-state index contributed by atoms with van der Waals surface area (Å²) in [5.74, 6) is -5.99. The van der Waals surface area contributed by atoms with E-state index in [0.717, 1.165) is 0 Å². The lowest BCUT2D eigenvalue weighted by molar-refractivity contribution is -0.164. The number of likely N-dealkylation sites (N-methyl/N-ethyl adjacent to an activating group) is 1. The number of aldehydes is 1. The molecule has 1 fully saturated rings. The van der Waals surface area contributed by atoms with Crippen LogP contribution in [0, 0.1) is 13.8 Å². The van der Waals surface area contributed by atoms with Crippen molar-refractivity contribution in [2.45, 2.75) is 38.2 Å². The maximum atomic E-state index is 13.3. The van der Waals surface area contributed by atoms with E-state index < -0.39 is 41.9 Å². The number of carbonyl (C=O) groups excluding carboxylic acids is 4. The fraction of sp³-hybridized carbons (Fsp3) is 0.500. The van der Waals surface area contributed by atoms with Gasteiger partial charge in [0.1, 0.15) is 5.54 Å². The zero-order chi connectivity index (χ0) is 19.2. The summed E-state index contributed by atoms with van der Waals surface area (Å²) in [6.45, 7) is 3.08. The lowest BCUT2D eigenvalue weighted by Crippen LogP contribution is -2.69. The van der Waals surface area contributed by atoms with Gasteiger partial charge in [-0.3, -0.25) is 19.2 Å². The molecule has 0 atom stereocenters. The number of aromatic nitrogens is 1. The smallest absolute Gasteiger partial charge is 0.293 e. The molecule has 1 aliphatic carbocycles. The fourth-order valence-electron chi connectivity index (χ4n) is 3.27. The minimum absolute atomic E-state index is 0.0280.